The van der Waals surface area contributed by atoms with Crippen LogP contribution in [0.3, 0.4) is 0 Å². The van der Waals surface area contributed by atoms with E-state index >= 15 is 0 Å². The average molecular weight is 239 g/mol. The molecule has 1 rings (SSSR count). The number of carbonyl (C=O) groups is 1. The molecule has 0 unspecified atom stereocenters. The first kappa shape index (κ1) is 12.7. The molecule has 0 aromatic carbocycles. The molecule has 4 nitrogen and oxygen atoms in total. The molecule has 0 aliphatic carbocycles. The second-order valence-corrected chi connectivity index (χ2v) is 5.07. The molecule has 0 atom stereocenters. The highest BCUT2D eigenvalue weighted by atomic mass is 32.1. The summed E-state index contributed by atoms with van der Waals surface area (Å²) in [6.07, 6.45) is 3.56. The number of nitrogens with one attached hydrogen (secondary N) is 2. The number of hydrogen-bond acceptors (Lipinski definition) is 3. The minimum Gasteiger partial charge on any atom is -0.315 e. The van der Waals surface area contributed by atoms with Crippen molar-refractivity contribution >= 4 is 22.5 Å². The lowest BCUT2D eigenvalue weighted by atomic mass is 10.2. The van der Waals surface area contributed by atoms with Gasteiger partial charge in [0.1, 0.15) is 0 Å². The normalized spacial score (nSPS) is 11.1. The van der Waals surface area contributed by atoms with Gasteiger partial charge in [-0.3, -0.25) is 5.32 Å². The minimum atomic E-state index is -0.259. The van der Waals surface area contributed by atoms with Crippen molar-refractivity contribution in [1.29, 1.82) is 0 Å². The van der Waals surface area contributed by atoms with Crippen molar-refractivity contribution < 1.29 is 4.79 Å². The van der Waals surface area contributed by atoms with E-state index in [4.69, 9.17) is 0 Å². The fraction of sp³-hybridized carbons (Fsp3) is 0.455. The summed E-state index contributed by atoms with van der Waals surface area (Å²) in [6, 6.07) is -0.259. The van der Waals surface area contributed by atoms with Crippen LogP contribution in [0.15, 0.2) is 12.3 Å². The summed E-state index contributed by atoms with van der Waals surface area (Å²) in [5, 5.41) is 5.94. The highest BCUT2D eigenvalue weighted by molar-refractivity contribution is 7.15. The SMILES string of the molecule is Cc1nc(NC(=O)N/C=C/C(C)C)sc1C. The van der Waals surface area contributed by atoms with Gasteiger partial charge in [-0.25, -0.2) is 9.78 Å². The van der Waals surface area contributed by atoms with E-state index in [-0.39, 0.29) is 6.03 Å². The molecule has 2 N–H and O–H groups in total. The van der Waals surface area contributed by atoms with E-state index in [2.05, 4.69) is 15.6 Å². The zero-order chi connectivity index (χ0) is 12.1. The van der Waals surface area contributed by atoms with E-state index < -0.39 is 0 Å². The van der Waals surface area contributed by atoms with E-state index in [1.165, 1.54) is 11.3 Å². The van der Waals surface area contributed by atoms with E-state index in [1.807, 2.05) is 33.8 Å². The van der Waals surface area contributed by atoms with Crippen LogP contribution in [0, 0.1) is 19.8 Å². The second-order valence-electron chi connectivity index (χ2n) is 3.86. The minimum absolute atomic E-state index is 0.259. The third kappa shape index (κ3) is 4.02. The standard InChI is InChI=1S/C11H17N3OS/c1-7(2)5-6-12-10(15)14-11-13-8(3)9(4)16-11/h5-7H,1-4H3,(H2,12,13,14,15)/b6-5+. The van der Waals surface area contributed by atoms with Crippen LogP contribution in [0.25, 0.3) is 0 Å². The van der Waals surface area contributed by atoms with Crippen molar-refractivity contribution in [3.05, 3.63) is 22.8 Å². The largest absolute Gasteiger partial charge is 0.324 e. The molecule has 0 aliphatic heterocycles. The molecule has 0 radical (unpaired) electrons. The van der Waals surface area contributed by atoms with Gasteiger partial charge in [0.2, 0.25) is 0 Å². The van der Waals surface area contributed by atoms with E-state index in [1.54, 1.807) is 6.20 Å². The lowest BCUT2D eigenvalue weighted by Gasteiger charge is -2.00. The number of carbonyl (C=O) groups excluding carboxylic acids is 1. The smallest absolute Gasteiger partial charge is 0.315 e. The average Bonchev–Trinajstić information content (AvgIpc) is 2.44. The third-order valence-electron chi connectivity index (χ3n) is 1.94. The van der Waals surface area contributed by atoms with Crippen LogP contribution in [0.4, 0.5) is 9.93 Å². The molecular weight excluding hydrogens is 222 g/mol. The molecule has 0 aliphatic rings. The molecule has 0 spiro atoms. The van der Waals surface area contributed by atoms with Crippen LogP contribution >= 0.6 is 11.3 Å². The number of hydrogen-bond donors (Lipinski definition) is 2. The van der Waals surface area contributed by atoms with Gasteiger partial charge < -0.3 is 5.32 Å². The quantitative estimate of drug-likeness (QED) is 0.851. The van der Waals surface area contributed by atoms with Gasteiger partial charge >= 0.3 is 6.03 Å². The molecule has 5 heteroatoms. The summed E-state index contributed by atoms with van der Waals surface area (Å²) in [6.45, 7) is 8.00. The zero-order valence-corrected chi connectivity index (χ0v) is 10.8. The highest BCUT2D eigenvalue weighted by Gasteiger charge is 2.05. The Hall–Kier alpha value is -1.36. The van der Waals surface area contributed by atoms with Crippen LogP contribution in [0.5, 0.6) is 0 Å². The Labute approximate surface area is 99.8 Å². The maximum atomic E-state index is 11.4. The lowest BCUT2D eigenvalue weighted by molar-refractivity contribution is 0.255. The number of urea groups is 1. The van der Waals surface area contributed by atoms with Crippen molar-refractivity contribution in [2.45, 2.75) is 27.7 Å². The Morgan fingerprint density at radius 1 is 1.44 bits per heavy atom. The second kappa shape index (κ2) is 5.65. The number of allylic oxidation sites excluding steroid dienone is 1. The van der Waals surface area contributed by atoms with Gasteiger partial charge in [-0.1, -0.05) is 19.9 Å². The first-order chi connectivity index (χ1) is 7.49. The Morgan fingerprint density at radius 2 is 2.12 bits per heavy atom. The Balaban J connectivity index is 2.46. The van der Waals surface area contributed by atoms with Crippen LogP contribution in [-0.4, -0.2) is 11.0 Å². The molecule has 0 fully saturated rings. The lowest BCUT2D eigenvalue weighted by Crippen LogP contribution is -2.23. The van der Waals surface area contributed by atoms with Gasteiger partial charge in [0.15, 0.2) is 5.13 Å². The number of thiazole rings is 1. The van der Waals surface area contributed by atoms with Gasteiger partial charge in [-0.2, -0.15) is 0 Å². The maximum Gasteiger partial charge on any atom is 0.324 e. The van der Waals surface area contributed by atoms with Crippen molar-refractivity contribution in [1.82, 2.24) is 10.3 Å². The Bertz CT molecular complexity index is 376. The van der Waals surface area contributed by atoms with Gasteiger partial charge in [0, 0.05) is 11.1 Å². The van der Waals surface area contributed by atoms with Gasteiger partial charge in [0.05, 0.1) is 5.69 Å². The summed E-state index contributed by atoms with van der Waals surface area (Å²) < 4.78 is 0. The van der Waals surface area contributed by atoms with Gasteiger partial charge in [0.25, 0.3) is 0 Å². The number of amides is 2. The predicted octanol–water partition coefficient (Wildman–Crippen LogP) is 3.05. The van der Waals surface area contributed by atoms with Crippen molar-refractivity contribution in [2.75, 3.05) is 5.32 Å². The van der Waals surface area contributed by atoms with Crippen LogP contribution in [-0.2, 0) is 0 Å². The topological polar surface area (TPSA) is 54.0 Å². The van der Waals surface area contributed by atoms with Crippen LogP contribution < -0.4 is 10.6 Å². The molecular formula is C11H17N3OS. The Kier molecular flexibility index (Phi) is 4.49. The molecule has 0 bridgehead atoms. The summed E-state index contributed by atoms with van der Waals surface area (Å²) in [5.74, 6) is 0.421. The molecule has 2 amide bonds. The van der Waals surface area contributed by atoms with Crippen molar-refractivity contribution in [3.8, 4) is 0 Å². The highest BCUT2D eigenvalue weighted by Crippen LogP contribution is 2.20. The van der Waals surface area contributed by atoms with Crippen LogP contribution in [0.2, 0.25) is 0 Å². The Morgan fingerprint density at radius 3 is 2.62 bits per heavy atom. The summed E-state index contributed by atoms with van der Waals surface area (Å²) in [4.78, 5) is 16.7. The molecule has 1 aromatic heterocycles. The van der Waals surface area contributed by atoms with E-state index in [0.717, 1.165) is 10.6 Å². The van der Waals surface area contributed by atoms with Crippen LogP contribution in [0.1, 0.15) is 24.4 Å². The number of anilines is 1. The van der Waals surface area contributed by atoms with Gasteiger partial charge in [-0.15, -0.1) is 11.3 Å². The van der Waals surface area contributed by atoms with E-state index in [9.17, 15) is 4.79 Å². The first-order valence-corrected chi connectivity index (χ1v) is 5.99. The summed E-state index contributed by atoms with van der Waals surface area (Å²) in [5.41, 5.74) is 0.957. The van der Waals surface area contributed by atoms with Crippen molar-refractivity contribution in [2.24, 2.45) is 5.92 Å². The fourth-order valence-electron chi connectivity index (χ4n) is 0.976. The third-order valence-corrected chi connectivity index (χ3v) is 2.93. The predicted molar refractivity (Wildman–Crippen MR) is 67.7 cm³/mol. The molecule has 0 saturated carbocycles. The van der Waals surface area contributed by atoms with Crippen molar-refractivity contribution in [3.63, 3.8) is 0 Å². The molecule has 88 valence electrons. The monoisotopic (exact) mass is 239 g/mol. The number of nitrogens with zero attached hydrogens (tertiary/aromatic N) is 1. The summed E-state index contributed by atoms with van der Waals surface area (Å²) in [7, 11) is 0. The maximum absolute atomic E-state index is 11.4. The number of rotatable bonds is 3. The summed E-state index contributed by atoms with van der Waals surface area (Å²) >= 11 is 1.48. The molecule has 1 aromatic rings. The van der Waals surface area contributed by atoms with E-state index in [0.29, 0.717) is 11.0 Å². The number of aromatic nitrogens is 1. The molecule has 0 saturated heterocycles. The van der Waals surface area contributed by atoms with Gasteiger partial charge in [-0.05, 0) is 19.8 Å². The zero-order valence-electron chi connectivity index (χ0n) is 10.00. The molecule has 16 heavy (non-hydrogen) atoms. The first-order valence-electron chi connectivity index (χ1n) is 5.17. The molecule has 1 heterocycles. The fourth-order valence-corrected chi connectivity index (χ4v) is 1.79. The number of aryl methyl sites for hydroxylation is 2.